The summed E-state index contributed by atoms with van der Waals surface area (Å²) in [6.07, 6.45) is 3.86. The third-order valence-corrected chi connectivity index (χ3v) is 4.63. The van der Waals surface area contributed by atoms with Crippen molar-refractivity contribution in [2.24, 2.45) is 5.41 Å². The SMILES string of the molecule is CCC1(CNc2cc(N)c(C(C)=O)s2)CC1. The Morgan fingerprint density at radius 3 is 2.75 bits per heavy atom. The molecule has 3 nitrogen and oxygen atoms in total. The summed E-state index contributed by atoms with van der Waals surface area (Å²) < 4.78 is 0. The average molecular weight is 238 g/mol. The zero-order valence-electron chi connectivity index (χ0n) is 9.80. The maximum absolute atomic E-state index is 11.3. The molecule has 4 heteroatoms. The van der Waals surface area contributed by atoms with Crippen molar-refractivity contribution in [3.8, 4) is 0 Å². The Morgan fingerprint density at radius 2 is 2.31 bits per heavy atom. The number of ketones is 1. The molecule has 1 aliphatic rings. The van der Waals surface area contributed by atoms with E-state index in [0.29, 0.717) is 16.0 Å². The third kappa shape index (κ3) is 2.21. The molecule has 0 amide bonds. The minimum Gasteiger partial charge on any atom is -0.397 e. The van der Waals surface area contributed by atoms with Gasteiger partial charge in [0.15, 0.2) is 5.78 Å². The second-order valence-corrected chi connectivity index (χ2v) is 5.71. The summed E-state index contributed by atoms with van der Waals surface area (Å²) in [7, 11) is 0. The van der Waals surface area contributed by atoms with Gasteiger partial charge in [0.1, 0.15) is 0 Å². The Balaban J connectivity index is 2.00. The van der Waals surface area contributed by atoms with E-state index in [1.165, 1.54) is 30.6 Å². The van der Waals surface area contributed by atoms with Gasteiger partial charge in [0.2, 0.25) is 0 Å². The van der Waals surface area contributed by atoms with Crippen LogP contribution in [0.1, 0.15) is 42.8 Å². The molecule has 0 radical (unpaired) electrons. The van der Waals surface area contributed by atoms with Crippen molar-refractivity contribution in [2.45, 2.75) is 33.1 Å². The smallest absolute Gasteiger partial charge is 0.171 e. The van der Waals surface area contributed by atoms with Crippen molar-refractivity contribution in [2.75, 3.05) is 17.6 Å². The largest absolute Gasteiger partial charge is 0.397 e. The fraction of sp³-hybridized carbons (Fsp3) is 0.583. The predicted molar refractivity (Wildman–Crippen MR) is 69.2 cm³/mol. The molecule has 2 rings (SSSR count). The van der Waals surface area contributed by atoms with Gasteiger partial charge < -0.3 is 11.1 Å². The van der Waals surface area contributed by atoms with Gasteiger partial charge in [0.25, 0.3) is 0 Å². The van der Waals surface area contributed by atoms with E-state index in [4.69, 9.17) is 5.73 Å². The average Bonchev–Trinajstić information content (AvgIpc) is 2.93. The molecule has 1 heterocycles. The quantitative estimate of drug-likeness (QED) is 0.775. The van der Waals surface area contributed by atoms with Crippen LogP contribution in [0.2, 0.25) is 0 Å². The van der Waals surface area contributed by atoms with Crippen LogP contribution in [0.5, 0.6) is 0 Å². The van der Waals surface area contributed by atoms with Crippen LogP contribution < -0.4 is 11.1 Å². The van der Waals surface area contributed by atoms with Crippen molar-refractivity contribution < 1.29 is 4.79 Å². The fourth-order valence-corrected chi connectivity index (χ4v) is 2.74. The number of hydrogen-bond acceptors (Lipinski definition) is 4. The summed E-state index contributed by atoms with van der Waals surface area (Å²) in [4.78, 5) is 11.9. The number of Topliss-reactive ketones (excluding diaryl/α,β-unsaturated/α-hetero) is 1. The van der Waals surface area contributed by atoms with Crippen LogP contribution >= 0.6 is 11.3 Å². The highest BCUT2D eigenvalue weighted by molar-refractivity contribution is 7.18. The highest BCUT2D eigenvalue weighted by Crippen LogP contribution is 2.48. The summed E-state index contributed by atoms with van der Waals surface area (Å²) in [5.41, 5.74) is 6.89. The van der Waals surface area contributed by atoms with Gasteiger partial charge in [-0.25, -0.2) is 0 Å². The Hall–Kier alpha value is -1.03. The van der Waals surface area contributed by atoms with Gasteiger partial charge in [-0.3, -0.25) is 4.79 Å². The van der Waals surface area contributed by atoms with Crippen LogP contribution in [0.15, 0.2) is 6.07 Å². The van der Waals surface area contributed by atoms with E-state index >= 15 is 0 Å². The number of carbonyl (C=O) groups excluding carboxylic acids is 1. The monoisotopic (exact) mass is 238 g/mol. The number of nitrogen functional groups attached to an aromatic ring is 1. The first-order chi connectivity index (χ1) is 7.56. The number of carbonyl (C=O) groups is 1. The lowest BCUT2D eigenvalue weighted by molar-refractivity contribution is 0.102. The maximum atomic E-state index is 11.3. The van der Waals surface area contributed by atoms with Crippen LogP contribution in [0, 0.1) is 5.41 Å². The van der Waals surface area contributed by atoms with Gasteiger partial charge in [0, 0.05) is 13.5 Å². The standard InChI is InChI=1S/C12H18N2OS/c1-3-12(4-5-12)7-14-10-6-9(13)11(16-10)8(2)15/h6,14H,3-5,7,13H2,1-2H3. The molecular formula is C12H18N2OS. The first kappa shape index (κ1) is 11.5. The lowest BCUT2D eigenvalue weighted by Gasteiger charge is -2.12. The van der Waals surface area contributed by atoms with E-state index in [2.05, 4.69) is 12.2 Å². The molecule has 1 saturated carbocycles. The molecule has 1 aromatic rings. The molecule has 0 unspecified atom stereocenters. The number of rotatable bonds is 5. The summed E-state index contributed by atoms with van der Waals surface area (Å²) in [5.74, 6) is 0.0483. The first-order valence-electron chi connectivity index (χ1n) is 5.70. The van der Waals surface area contributed by atoms with Crippen LogP contribution in [-0.4, -0.2) is 12.3 Å². The third-order valence-electron chi connectivity index (χ3n) is 3.43. The van der Waals surface area contributed by atoms with Crippen LogP contribution in [0.25, 0.3) is 0 Å². The molecule has 0 atom stereocenters. The highest BCUT2D eigenvalue weighted by atomic mass is 32.1. The second-order valence-electron chi connectivity index (χ2n) is 4.66. The molecule has 0 bridgehead atoms. The van der Waals surface area contributed by atoms with Crippen molar-refractivity contribution in [1.29, 1.82) is 0 Å². The first-order valence-corrected chi connectivity index (χ1v) is 6.52. The normalized spacial score (nSPS) is 17.1. The van der Waals surface area contributed by atoms with Gasteiger partial charge in [-0.2, -0.15) is 0 Å². The minimum absolute atomic E-state index is 0.0483. The fourth-order valence-electron chi connectivity index (χ4n) is 1.87. The van der Waals surface area contributed by atoms with Gasteiger partial charge in [-0.15, -0.1) is 11.3 Å². The molecule has 0 aliphatic heterocycles. The van der Waals surface area contributed by atoms with Crippen molar-refractivity contribution in [3.63, 3.8) is 0 Å². The van der Waals surface area contributed by atoms with Crippen LogP contribution in [-0.2, 0) is 0 Å². The molecule has 0 spiro atoms. The molecule has 0 aromatic carbocycles. The van der Waals surface area contributed by atoms with Gasteiger partial charge in [-0.05, 0) is 30.7 Å². The topological polar surface area (TPSA) is 55.1 Å². The minimum atomic E-state index is 0.0483. The van der Waals surface area contributed by atoms with Crippen molar-refractivity contribution >= 4 is 27.8 Å². The molecule has 88 valence electrons. The number of nitrogens with one attached hydrogen (secondary N) is 1. The summed E-state index contributed by atoms with van der Waals surface area (Å²) in [6, 6.07) is 1.87. The molecule has 0 saturated heterocycles. The van der Waals surface area contributed by atoms with Crippen molar-refractivity contribution in [3.05, 3.63) is 10.9 Å². The summed E-state index contributed by atoms with van der Waals surface area (Å²) in [5, 5.41) is 4.42. The van der Waals surface area contributed by atoms with Crippen LogP contribution in [0.3, 0.4) is 0 Å². The van der Waals surface area contributed by atoms with Gasteiger partial charge in [-0.1, -0.05) is 6.92 Å². The maximum Gasteiger partial charge on any atom is 0.171 e. The zero-order valence-corrected chi connectivity index (χ0v) is 10.6. The zero-order chi connectivity index (χ0) is 11.8. The number of thiophene rings is 1. The lowest BCUT2D eigenvalue weighted by Crippen LogP contribution is -2.13. The van der Waals surface area contributed by atoms with E-state index in [0.717, 1.165) is 11.5 Å². The van der Waals surface area contributed by atoms with E-state index in [1.54, 1.807) is 6.92 Å². The van der Waals surface area contributed by atoms with Gasteiger partial charge in [0.05, 0.1) is 15.6 Å². The Kier molecular flexibility index (Phi) is 2.93. The Labute approximate surface area is 100 Å². The Morgan fingerprint density at radius 1 is 1.62 bits per heavy atom. The second kappa shape index (κ2) is 4.09. The van der Waals surface area contributed by atoms with Crippen molar-refractivity contribution in [1.82, 2.24) is 0 Å². The number of nitrogens with two attached hydrogens (primary N) is 1. The molecule has 1 aliphatic carbocycles. The van der Waals surface area contributed by atoms with Crippen LogP contribution in [0.4, 0.5) is 10.7 Å². The molecule has 16 heavy (non-hydrogen) atoms. The molecule has 1 aromatic heterocycles. The highest BCUT2D eigenvalue weighted by Gasteiger charge is 2.40. The molecule has 3 N–H and O–H groups in total. The van der Waals surface area contributed by atoms with Gasteiger partial charge >= 0.3 is 0 Å². The Bertz CT molecular complexity index is 407. The lowest BCUT2D eigenvalue weighted by atomic mass is 10.0. The number of hydrogen-bond donors (Lipinski definition) is 2. The molecular weight excluding hydrogens is 220 g/mol. The summed E-state index contributed by atoms with van der Waals surface area (Å²) in [6.45, 7) is 4.79. The van der Waals surface area contributed by atoms with E-state index in [9.17, 15) is 4.79 Å². The van der Waals surface area contributed by atoms with E-state index < -0.39 is 0 Å². The predicted octanol–water partition coefficient (Wildman–Crippen LogP) is 3.14. The summed E-state index contributed by atoms with van der Waals surface area (Å²) >= 11 is 1.46. The number of anilines is 2. The van der Waals surface area contributed by atoms with E-state index in [-0.39, 0.29) is 5.78 Å². The molecule has 1 fully saturated rings. The van der Waals surface area contributed by atoms with E-state index in [1.807, 2.05) is 6.07 Å².